The van der Waals surface area contributed by atoms with E-state index in [1.165, 1.54) is 12.1 Å². The Labute approximate surface area is 123 Å². The predicted octanol–water partition coefficient (Wildman–Crippen LogP) is 3.09. The van der Waals surface area contributed by atoms with Crippen molar-refractivity contribution in [2.75, 3.05) is 4.90 Å². The Hall–Kier alpha value is -2.20. The van der Waals surface area contributed by atoms with Crippen LogP contribution < -0.4 is 10.6 Å². The van der Waals surface area contributed by atoms with E-state index in [0.717, 1.165) is 24.1 Å². The summed E-state index contributed by atoms with van der Waals surface area (Å²) < 4.78 is 13.9. The number of hydrogen-bond donors (Lipinski definition) is 1. The van der Waals surface area contributed by atoms with Crippen molar-refractivity contribution in [3.8, 4) is 0 Å². The minimum absolute atomic E-state index is 0.118. The second kappa shape index (κ2) is 5.66. The molecule has 1 aliphatic rings. The number of benzene rings is 2. The van der Waals surface area contributed by atoms with Crippen LogP contribution in [0.15, 0.2) is 48.5 Å². The number of halogens is 1. The Balaban J connectivity index is 1.94. The summed E-state index contributed by atoms with van der Waals surface area (Å²) in [5.74, 6) is -0.761. The zero-order chi connectivity index (χ0) is 14.8. The van der Waals surface area contributed by atoms with Crippen molar-refractivity contribution in [3.63, 3.8) is 0 Å². The highest BCUT2D eigenvalue weighted by Crippen LogP contribution is 2.33. The van der Waals surface area contributed by atoms with Gasteiger partial charge in [-0.25, -0.2) is 4.39 Å². The normalized spacial score (nSPS) is 14.0. The van der Waals surface area contributed by atoms with Crippen molar-refractivity contribution in [2.24, 2.45) is 5.73 Å². The van der Waals surface area contributed by atoms with Crippen molar-refractivity contribution in [2.45, 2.75) is 25.4 Å². The second-order valence-corrected chi connectivity index (χ2v) is 5.26. The molecule has 0 saturated heterocycles. The monoisotopic (exact) mass is 284 g/mol. The lowest BCUT2D eigenvalue weighted by atomic mass is 10.1. The Bertz CT molecular complexity index is 650. The van der Waals surface area contributed by atoms with Gasteiger partial charge in [-0.05, 0) is 42.7 Å². The number of rotatable bonds is 4. The van der Waals surface area contributed by atoms with Gasteiger partial charge in [0.2, 0.25) is 0 Å². The average molecular weight is 284 g/mol. The van der Waals surface area contributed by atoms with E-state index in [1.54, 1.807) is 17.0 Å². The molecule has 2 aromatic carbocycles. The van der Waals surface area contributed by atoms with E-state index >= 15 is 0 Å². The molecular formula is C17H17FN2O. The molecule has 3 rings (SSSR count). The number of nitrogens with zero attached hydrogens (tertiary/aromatic N) is 1. The third kappa shape index (κ3) is 2.81. The molecule has 0 spiro atoms. The molecule has 0 atom stereocenters. The number of anilines is 1. The highest BCUT2D eigenvalue weighted by atomic mass is 19.1. The first-order chi connectivity index (χ1) is 10.2. The molecule has 108 valence electrons. The minimum atomic E-state index is -0.480. The number of nitrogens with two attached hydrogens (primary N) is 1. The van der Waals surface area contributed by atoms with Crippen LogP contribution in [0.5, 0.6) is 0 Å². The Morgan fingerprint density at radius 3 is 2.38 bits per heavy atom. The minimum Gasteiger partial charge on any atom is -0.326 e. The van der Waals surface area contributed by atoms with Gasteiger partial charge in [0.1, 0.15) is 5.82 Å². The summed E-state index contributed by atoms with van der Waals surface area (Å²) in [5, 5.41) is 0. The van der Waals surface area contributed by atoms with Gasteiger partial charge in [0, 0.05) is 18.3 Å². The molecule has 0 bridgehead atoms. The van der Waals surface area contributed by atoms with Gasteiger partial charge in [-0.15, -0.1) is 0 Å². The molecule has 3 nitrogen and oxygen atoms in total. The van der Waals surface area contributed by atoms with E-state index in [4.69, 9.17) is 5.73 Å². The summed E-state index contributed by atoms with van der Waals surface area (Å²) in [6.45, 7) is 0.463. The SMILES string of the molecule is NCc1ccc(N(C(=O)c2ccccc2F)C2CC2)cc1. The van der Waals surface area contributed by atoms with E-state index in [9.17, 15) is 9.18 Å². The summed E-state index contributed by atoms with van der Waals surface area (Å²) in [4.78, 5) is 14.4. The first-order valence-electron chi connectivity index (χ1n) is 7.08. The van der Waals surface area contributed by atoms with Gasteiger partial charge in [0.25, 0.3) is 5.91 Å². The van der Waals surface area contributed by atoms with Crippen molar-refractivity contribution in [1.82, 2.24) is 0 Å². The van der Waals surface area contributed by atoms with Crippen LogP contribution in [0.4, 0.5) is 10.1 Å². The Kier molecular flexibility index (Phi) is 3.71. The van der Waals surface area contributed by atoms with Gasteiger partial charge in [-0.3, -0.25) is 4.79 Å². The first kappa shape index (κ1) is 13.8. The topological polar surface area (TPSA) is 46.3 Å². The third-order valence-corrected chi connectivity index (χ3v) is 3.69. The lowest BCUT2D eigenvalue weighted by Crippen LogP contribution is -2.33. The number of amides is 1. The highest BCUT2D eigenvalue weighted by molar-refractivity contribution is 6.07. The molecule has 21 heavy (non-hydrogen) atoms. The van der Waals surface area contributed by atoms with E-state index in [0.29, 0.717) is 6.54 Å². The smallest absolute Gasteiger partial charge is 0.261 e. The molecular weight excluding hydrogens is 267 g/mol. The molecule has 0 heterocycles. The number of hydrogen-bond acceptors (Lipinski definition) is 2. The number of carbonyl (C=O) groups is 1. The van der Waals surface area contributed by atoms with Crippen LogP contribution in [-0.2, 0) is 6.54 Å². The van der Waals surface area contributed by atoms with Gasteiger partial charge >= 0.3 is 0 Å². The number of carbonyl (C=O) groups excluding carboxylic acids is 1. The average Bonchev–Trinajstić information content (AvgIpc) is 3.33. The van der Waals surface area contributed by atoms with Crippen LogP contribution in [0, 0.1) is 5.82 Å². The van der Waals surface area contributed by atoms with E-state index < -0.39 is 5.82 Å². The zero-order valence-corrected chi connectivity index (χ0v) is 11.6. The van der Waals surface area contributed by atoms with Gasteiger partial charge in [-0.1, -0.05) is 24.3 Å². The largest absolute Gasteiger partial charge is 0.326 e. The molecule has 1 fully saturated rings. The van der Waals surface area contributed by atoms with Crippen LogP contribution in [-0.4, -0.2) is 11.9 Å². The third-order valence-electron chi connectivity index (χ3n) is 3.69. The summed E-state index contributed by atoms with van der Waals surface area (Å²) in [7, 11) is 0. The van der Waals surface area contributed by atoms with Crippen molar-refractivity contribution < 1.29 is 9.18 Å². The molecule has 1 aliphatic carbocycles. The maximum atomic E-state index is 13.9. The maximum Gasteiger partial charge on any atom is 0.261 e. The van der Waals surface area contributed by atoms with Crippen LogP contribution in [0.2, 0.25) is 0 Å². The molecule has 2 N–H and O–H groups in total. The summed E-state index contributed by atoms with van der Waals surface area (Å²) >= 11 is 0. The fourth-order valence-corrected chi connectivity index (χ4v) is 2.38. The first-order valence-corrected chi connectivity index (χ1v) is 7.08. The van der Waals surface area contributed by atoms with Gasteiger partial charge < -0.3 is 10.6 Å². The predicted molar refractivity (Wildman–Crippen MR) is 80.6 cm³/mol. The van der Waals surface area contributed by atoms with Crippen molar-refractivity contribution in [1.29, 1.82) is 0 Å². The van der Waals surface area contributed by atoms with Crippen molar-refractivity contribution in [3.05, 3.63) is 65.5 Å². The van der Waals surface area contributed by atoms with E-state index in [1.807, 2.05) is 24.3 Å². The van der Waals surface area contributed by atoms with Gasteiger partial charge in [0.15, 0.2) is 0 Å². The maximum absolute atomic E-state index is 13.9. The molecule has 0 radical (unpaired) electrons. The Morgan fingerprint density at radius 1 is 1.14 bits per heavy atom. The molecule has 1 amide bonds. The van der Waals surface area contributed by atoms with Crippen LogP contribution in [0.3, 0.4) is 0 Å². The highest BCUT2D eigenvalue weighted by Gasteiger charge is 2.35. The van der Waals surface area contributed by atoms with Crippen LogP contribution in [0.1, 0.15) is 28.8 Å². The summed E-state index contributed by atoms with van der Waals surface area (Å²) in [6, 6.07) is 13.8. The molecule has 0 aliphatic heterocycles. The van der Waals surface area contributed by atoms with E-state index in [2.05, 4.69) is 0 Å². The molecule has 4 heteroatoms. The Morgan fingerprint density at radius 2 is 1.81 bits per heavy atom. The van der Waals surface area contributed by atoms with Gasteiger partial charge in [0.05, 0.1) is 5.56 Å². The van der Waals surface area contributed by atoms with Crippen LogP contribution in [0.25, 0.3) is 0 Å². The molecule has 0 aromatic heterocycles. The van der Waals surface area contributed by atoms with Crippen molar-refractivity contribution >= 4 is 11.6 Å². The molecule has 1 saturated carbocycles. The van der Waals surface area contributed by atoms with E-state index in [-0.39, 0.29) is 17.5 Å². The summed E-state index contributed by atoms with van der Waals surface area (Å²) in [5.41, 5.74) is 7.51. The van der Waals surface area contributed by atoms with Gasteiger partial charge in [-0.2, -0.15) is 0 Å². The quantitative estimate of drug-likeness (QED) is 0.937. The second-order valence-electron chi connectivity index (χ2n) is 5.26. The fraction of sp³-hybridized carbons (Fsp3) is 0.235. The standard InChI is InChI=1S/C17H17FN2O/c18-16-4-2-1-3-15(16)17(21)20(14-9-10-14)13-7-5-12(11-19)6-8-13/h1-8,14H,9-11,19H2. The fourth-order valence-electron chi connectivity index (χ4n) is 2.38. The summed E-state index contributed by atoms with van der Waals surface area (Å²) in [6.07, 6.45) is 1.91. The lowest BCUT2D eigenvalue weighted by Gasteiger charge is -2.23. The zero-order valence-electron chi connectivity index (χ0n) is 11.6. The van der Waals surface area contributed by atoms with Crippen LogP contribution >= 0.6 is 0 Å². The molecule has 2 aromatic rings. The molecule has 0 unspecified atom stereocenters. The lowest BCUT2D eigenvalue weighted by molar-refractivity contribution is 0.0981.